The summed E-state index contributed by atoms with van der Waals surface area (Å²) >= 11 is 0. The molecule has 0 bridgehead atoms. The van der Waals surface area contributed by atoms with Gasteiger partial charge in [-0.2, -0.15) is 0 Å². The number of rotatable bonds is 2. The molecule has 0 amide bonds. The van der Waals surface area contributed by atoms with Crippen LogP contribution >= 0.6 is 0 Å². The average Bonchev–Trinajstić information content (AvgIpc) is 3.03. The first-order chi connectivity index (χ1) is 12.2. The molecule has 0 aliphatic heterocycles. The van der Waals surface area contributed by atoms with Crippen LogP contribution in [0.5, 0.6) is 0 Å². The van der Waals surface area contributed by atoms with Gasteiger partial charge in [0.15, 0.2) is 0 Å². The highest BCUT2D eigenvalue weighted by atomic mass is 14.9. The number of nitrogens with one attached hydrogen (secondary N) is 1. The summed E-state index contributed by atoms with van der Waals surface area (Å²) in [5.41, 5.74) is 6.55. The summed E-state index contributed by atoms with van der Waals surface area (Å²) < 4.78 is 0. The Hall–Kier alpha value is -2.61. The van der Waals surface area contributed by atoms with Crippen molar-refractivity contribution in [2.24, 2.45) is 0 Å². The van der Waals surface area contributed by atoms with Crippen molar-refractivity contribution in [3.8, 4) is 11.3 Å². The first kappa shape index (κ1) is 14.7. The highest BCUT2D eigenvalue weighted by Crippen LogP contribution is 2.37. The van der Waals surface area contributed by atoms with Gasteiger partial charge in [-0.3, -0.25) is 0 Å². The lowest BCUT2D eigenvalue weighted by Gasteiger charge is -2.17. The van der Waals surface area contributed by atoms with E-state index in [9.17, 15) is 0 Å². The maximum atomic E-state index is 4.91. The smallest absolute Gasteiger partial charge is 0.106 e. The van der Waals surface area contributed by atoms with E-state index in [0.717, 1.165) is 31.5 Å². The lowest BCUT2D eigenvalue weighted by atomic mass is 9.88. The van der Waals surface area contributed by atoms with E-state index in [1.807, 2.05) is 0 Å². The van der Waals surface area contributed by atoms with Gasteiger partial charge >= 0.3 is 0 Å². The normalized spacial score (nSPS) is 13.2. The third kappa shape index (κ3) is 2.28. The van der Waals surface area contributed by atoms with E-state index in [0.29, 0.717) is 0 Å². The Morgan fingerprint density at radius 3 is 2.64 bits per heavy atom. The van der Waals surface area contributed by atoms with Crippen molar-refractivity contribution in [1.82, 2.24) is 9.97 Å². The second-order valence-corrected chi connectivity index (χ2v) is 7.28. The summed E-state index contributed by atoms with van der Waals surface area (Å²) in [5.74, 6) is 1.13. The van der Waals surface area contributed by atoms with E-state index < -0.39 is 0 Å². The number of hydrogen-bond acceptors (Lipinski definition) is 1. The first-order valence-electron chi connectivity index (χ1n) is 9.27. The van der Waals surface area contributed by atoms with E-state index in [1.165, 1.54) is 49.6 Å². The van der Waals surface area contributed by atoms with Crippen molar-refractivity contribution < 1.29 is 0 Å². The Morgan fingerprint density at radius 2 is 1.80 bits per heavy atom. The molecule has 0 atom stereocenters. The van der Waals surface area contributed by atoms with Gasteiger partial charge in [-0.25, -0.2) is 4.98 Å². The number of H-pyrrole nitrogens is 1. The van der Waals surface area contributed by atoms with Crippen LogP contribution in [0.2, 0.25) is 0 Å². The predicted octanol–water partition coefficient (Wildman–Crippen LogP) is 5.74. The van der Waals surface area contributed by atoms with Gasteiger partial charge in [0.2, 0.25) is 0 Å². The molecule has 2 heteroatoms. The lowest BCUT2D eigenvalue weighted by molar-refractivity contribution is 0.843. The molecule has 1 aliphatic carbocycles. The molecule has 0 spiro atoms. The Kier molecular flexibility index (Phi) is 3.21. The van der Waals surface area contributed by atoms with Crippen molar-refractivity contribution >= 4 is 21.5 Å². The van der Waals surface area contributed by atoms with Crippen LogP contribution in [0, 0.1) is 6.92 Å². The van der Waals surface area contributed by atoms with Crippen LogP contribution in [0.25, 0.3) is 32.8 Å². The molecule has 25 heavy (non-hydrogen) atoms. The second kappa shape index (κ2) is 5.45. The summed E-state index contributed by atoms with van der Waals surface area (Å²) in [6, 6.07) is 16.0. The third-order valence-electron chi connectivity index (χ3n) is 5.43. The maximum absolute atomic E-state index is 4.91. The number of imidazole rings is 1. The number of aryl methyl sites for hydroxylation is 4. The fraction of sp³-hybridized carbons (Fsp3) is 0.261. The van der Waals surface area contributed by atoms with Crippen molar-refractivity contribution in [2.75, 3.05) is 0 Å². The Labute approximate surface area is 147 Å². The molecule has 3 aromatic carbocycles. The van der Waals surface area contributed by atoms with Crippen LogP contribution in [0.3, 0.4) is 0 Å². The van der Waals surface area contributed by atoms with E-state index >= 15 is 0 Å². The van der Waals surface area contributed by atoms with Gasteiger partial charge in [-0.1, -0.05) is 42.8 Å². The molecule has 1 N–H and O–H groups in total. The van der Waals surface area contributed by atoms with E-state index in [1.54, 1.807) is 0 Å². The van der Waals surface area contributed by atoms with Crippen LogP contribution in [0.1, 0.15) is 36.0 Å². The molecule has 0 saturated heterocycles. The van der Waals surface area contributed by atoms with Gasteiger partial charge in [-0.15, -0.1) is 0 Å². The number of aromatic nitrogens is 2. The van der Waals surface area contributed by atoms with Gasteiger partial charge in [0, 0.05) is 17.7 Å². The lowest BCUT2D eigenvalue weighted by Crippen LogP contribution is -2.03. The first-order valence-corrected chi connectivity index (χ1v) is 9.27. The van der Waals surface area contributed by atoms with E-state index in [-0.39, 0.29) is 0 Å². The zero-order chi connectivity index (χ0) is 17.0. The molecule has 0 unspecified atom stereocenters. The number of benzene rings is 3. The van der Waals surface area contributed by atoms with Crippen molar-refractivity contribution in [3.63, 3.8) is 0 Å². The molecule has 2 nitrogen and oxygen atoms in total. The summed E-state index contributed by atoms with van der Waals surface area (Å²) in [7, 11) is 0. The van der Waals surface area contributed by atoms with Crippen LogP contribution in [0.4, 0.5) is 0 Å². The molecule has 0 radical (unpaired) electrons. The molecule has 4 aromatic rings. The van der Waals surface area contributed by atoms with Gasteiger partial charge in [0.05, 0.1) is 5.69 Å². The minimum atomic E-state index is 1.03. The summed E-state index contributed by atoms with van der Waals surface area (Å²) in [4.78, 5) is 8.46. The molecule has 124 valence electrons. The van der Waals surface area contributed by atoms with Gasteiger partial charge in [-0.05, 0) is 65.4 Å². The number of nitrogens with zero attached hydrogens (tertiary/aromatic N) is 1. The summed E-state index contributed by atoms with van der Waals surface area (Å²) in [5, 5.41) is 5.35. The van der Waals surface area contributed by atoms with Crippen molar-refractivity contribution in [1.29, 1.82) is 0 Å². The highest BCUT2D eigenvalue weighted by molar-refractivity contribution is 6.09. The monoisotopic (exact) mass is 326 g/mol. The Morgan fingerprint density at radius 1 is 0.960 bits per heavy atom. The van der Waals surface area contributed by atoms with Gasteiger partial charge in [0.1, 0.15) is 5.82 Å². The van der Waals surface area contributed by atoms with Crippen LogP contribution in [-0.4, -0.2) is 9.97 Å². The Balaban J connectivity index is 1.75. The van der Waals surface area contributed by atoms with Gasteiger partial charge < -0.3 is 4.98 Å². The molecule has 1 heterocycles. The van der Waals surface area contributed by atoms with Crippen LogP contribution < -0.4 is 0 Å². The molecule has 0 fully saturated rings. The third-order valence-corrected chi connectivity index (χ3v) is 5.43. The fourth-order valence-electron chi connectivity index (χ4n) is 4.19. The number of hydrogen-bond donors (Lipinski definition) is 1. The zero-order valence-corrected chi connectivity index (χ0v) is 14.8. The largest absolute Gasteiger partial charge is 0.345 e. The fourth-order valence-corrected chi connectivity index (χ4v) is 4.19. The minimum Gasteiger partial charge on any atom is -0.345 e. The second-order valence-electron chi connectivity index (χ2n) is 7.28. The van der Waals surface area contributed by atoms with Crippen LogP contribution in [0.15, 0.2) is 42.5 Å². The predicted molar refractivity (Wildman–Crippen MR) is 105 cm³/mol. The average molecular weight is 326 g/mol. The summed E-state index contributed by atoms with van der Waals surface area (Å²) in [6.07, 6.45) is 4.31. The molecule has 1 aromatic heterocycles. The molecular formula is C23H22N2. The van der Waals surface area contributed by atoms with Crippen LogP contribution in [-0.2, 0) is 19.3 Å². The standard InChI is InChI=1S/C23H22N2/c1-3-4-22-24-21-10-8-17-12-19-16(13-20(17)23(21)25-22)7-6-15-11-14(2)5-9-18(15)19/h5-7,9,11-13H,3-4,8,10H2,1-2H3,(H,24,25). The number of aromatic amines is 1. The van der Waals surface area contributed by atoms with E-state index in [2.05, 4.69) is 61.3 Å². The molecule has 1 aliphatic rings. The topological polar surface area (TPSA) is 28.7 Å². The van der Waals surface area contributed by atoms with E-state index in [4.69, 9.17) is 4.98 Å². The SMILES string of the molecule is CCCc1nc2c([nH]1)CCc1cc3c(ccc4cc(C)ccc43)cc1-2. The van der Waals surface area contributed by atoms with Gasteiger partial charge in [0.25, 0.3) is 0 Å². The highest BCUT2D eigenvalue weighted by Gasteiger charge is 2.21. The Bertz CT molecular complexity index is 1120. The number of fused-ring (bicyclic) bond motifs is 6. The zero-order valence-electron chi connectivity index (χ0n) is 14.8. The van der Waals surface area contributed by atoms with Crippen molar-refractivity contribution in [3.05, 3.63) is 65.1 Å². The minimum absolute atomic E-state index is 1.03. The van der Waals surface area contributed by atoms with Crippen molar-refractivity contribution in [2.45, 2.75) is 39.5 Å². The summed E-state index contributed by atoms with van der Waals surface area (Å²) in [6.45, 7) is 4.36. The molecular weight excluding hydrogens is 304 g/mol. The maximum Gasteiger partial charge on any atom is 0.106 e. The quantitative estimate of drug-likeness (QED) is 0.467. The molecule has 5 rings (SSSR count). The molecule has 0 saturated carbocycles.